The molecule has 5 heteroatoms. The van der Waals surface area contributed by atoms with Crippen molar-refractivity contribution in [2.45, 2.75) is 43.9 Å². The SMILES string of the molecule is c1ccc2c(c1)OC1(CCC1)CC2NCc1ccnc(-n2ccnc2)c1. The quantitative estimate of drug-likeness (QED) is 0.781. The van der Waals surface area contributed by atoms with Crippen molar-refractivity contribution >= 4 is 0 Å². The van der Waals surface area contributed by atoms with E-state index in [4.69, 9.17) is 4.74 Å². The number of aromatic nitrogens is 3. The predicted octanol–water partition coefficient (Wildman–Crippen LogP) is 3.80. The lowest BCUT2D eigenvalue weighted by atomic mass is 9.73. The van der Waals surface area contributed by atoms with Gasteiger partial charge in [-0.1, -0.05) is 18.2 Å². The van der Waals surface area contributed by atoms with Crippen LogP contribution in [0, 0.1) is 0 Å². The number of rotatable bonds is 4. The van der Waals surface area contributed by atoms with Crippen LogP contribution in [0.15, 0.2) is 61.3 Å². The minimum atomic E-state index is 0.0479. The van der Waals surface area contributed by atoms with Crippen molar-refractivity contribution in [1.82, 2.24) is 19.9 Å². The van der Waals surface area contributed by atoms with Gasteiger partial charge in [0.25, 0.3) is 0 Å². The van der Waals surface area contributed by atoms with E-state index in [9.17, 15) is 0 Å². The molecule has 1 atom stereocenters. The summed E-state index contributed by atoms with van der Waals surface area (Å²) in [4.78, 5) is 8.53. The van der Waals surface area contributed by atoms with Crippen LogP contribution in [-0.4, -0.2) is 20.1 Å². The van der Waals surface area contributed by atoms with Crippen LogP contribution in [0.3, 0.4) is 0 Å². The molecule has 3 aromatic rings. The number of para-hydroxylation sites is 1. The molecule has 1 unspecified atom stereocenters. The molecule has 1 N–H and O–H groups in total. The van der Waals surface area contributed by atoms with Gasteiger partial charge in [-0.3, -0.25) is 4.57 Å². The van der Waals surface area contributed by atoms with Crippen molar-refractivity contribution in [3.8, 4) is 11.6 Å². The molecule has 0 bridgehead atoms. The molecule has 2 aromatic heterocycles. The van der Waals surface area contributed by atoms with Gasteiger partial charge in [0.05, 0.1) is 0 Å². The molecular weight excluding hydrogens is 324 g/mol. The topological polar surface area (TPSA) is 52.0 Å². The average Bonchev–Trinajstić information content (AvgIpc) is 3.20. The van der Waals surface area contributed by atoms with E-state index in [1.807, 2.05) is 17.0 Å². The monoisotopic (exact) mass is 346 g/mol. The van der Waals surface area contributed by atoms with Gasteiger partial charge in [0.2, 0.25) is 0 Å². The van der Waals surface area contributed by atoms with Crippen molar-refractivity contribution < 1.29 is 4.74 Å². The molecule has 5 nitrogen and oxygen atoms in total. The second-order valence-corrected chi connectivity index (χ2v) is 7.31. The zero-order chi connectivity index (χ0) is 17.4. The summed E-state index contributed by atoms with van der Waals surface area (Å²) in [5, 5.41) is 3.76. The molecule has 1 aliphatic heterocycles. The van der Waals surface area contributed by atoms with Crippen molar-refractivity contribution in [3.63, 3.8) is 0 Å². The van der Waals surface area contributed by atoms with Gasteiger partial charge in [-0.2, -0.15) is 0 Å². The van der Waals surface area contributed by atoms with Crippen LogP contribution in [0.4, 0.5) is 0 Å². The third-order valence-corrected chi connectivity index (χ3v) is 5.59. The summed E-state index contributed by atoms with van der Waals surface area (Å²) >= 11 is 0. The molecule has 1 aromatic carbocycles. The van der Waals surface area contributed by atoms with Crippen molar-refractivity contribution in [1.29, 1.82) is 0 Å². The molecule has 0 saturated heterocycles. The van der Waals surface area contributed by atoms with Gasteiger partial charge in [-0.15, -0.1) is 0 Å². The molecular formula is C21H22N4O. The fourth-order valence-corrected chi connectivity index (χ4v) is 4.03. The normalized spacial score (nSPS) is 20.2. The smallest absolute Gasteiger partial charge is 0.138 e. The maximum absolute atomic E-state index is 6.35. The molecule has 2 aliphatic rings. The lowest BCUT2D eigenvalue weighted by Gasteiger charge is -2.48. The van der Waals surface area contributed by atoms with Gasteiger partial charge in [0.15, 0.2) is 0 Å². The zero-order valence-corrected chi connectivity index (χ0v) is 14.6. The number of hydrogen-bond donors (Lipinski definition) is 1. The van der Waals surface area contributed by atoms with Gasteiger partial charge >= 0.3 is 0 Å². The van der Waals surface area contributed by atoms with E-state index >= 15 is 0 Å². The lowest BCUT2D eigenvalue weighted by molar-refractivity contribution is -0.0371. The number of ether oxygens (including phenoxy) is 1. The highest BCUT2D eigenvalue weighted by atomic mass is 16.5. The van der Waals surface area contributed by atoms with Gasteiger partial charge in [-0.05, 0) is 43.0 Å². The second kappa shape index (κ2) is 6.25. The summed E-state index contributed by atoms with van der Waals surface area (Å²) in [7, 11) is 0. The highest BCUT2D eigenvalue weighted by Gasteiger charge is 2.45. The summed E-state index contributed by atoms with van der Waals surface area (Å²) < 4.78 is 8.27. The van der Waals surface area contributed by atoms with E-state index in [1.54, 1.807) is 12.5 Å². The Bertz CT molecular complexity index is 902. The minimum absolute atomic E-state index is 0.0479. The van der Waals surface area contributed by atoms with Crippen molar-refractivity contribution in [2.75, 3.05) is 0 Å². The maximum Gasteiger partial charge on any atom is 0.138 e. The maximum atomic E-state index is 6.35. The Morgan fingerprint density at radius 1 is 1.19 bits per heavy atom. The van der Waals surface area contributed by atoms with Crippen molar-refractivity contribution in [2.24, 2.45) is 0 Å². The largest absolute Gasteiger partial charge is 0.487 e. The van der Waals surface area contributed by atoms with Crippen LogP contribution in [0.25, 0.3) is 5.82 Å². The number of nitrogens with one attached hydrogen (secondary N) is 1. The summed E-state index contributed by atoms with van der Waals surface area (Å²) in [6.45, 7) is 0.805. The number of pyridine rings is 1. The number of fused-ring (bicyclic) bond motifs is 1. The van der Waals surface area contributed by atoms with Gasteiger partial charge < -0.3 is 10.1 Å². The molecule has 1 aliphatic carbocycles. The van der Waals surface area contributed by atoms with Crippen LogP contribution < -0.4 is 10.1 Å². The summed E-state index contributed by atoms with van der Waals surface area (Å²) in [5.74, 6) is 1.94. The molecule has 26 heavy (non-hydrogen) atoms. The van der Waals surface area contributed by atoms with Gasteiger partial charge in [-0.25, -0.2) is 9.97 Å². The van der Waals surface area contributed by atoms with Crippen LogP contribution in [0.2, 0.25) is 0 Å². The van der Waals surface area contributed by atoms with E-state index in [0.29, 0.717) is 6.04 Å². The highest BCUT2D eigenvalue weighted by molar-refractivity contribution is 5.39. The van der Waals surface area contributed by atoms with Crippen LogP contribution in [-0.2, 0) is 6.54 Å². The average molecular weight is 346 g/mol. The Kier molecular flexibility index (Phi) is 3.75. The van der Waals surface area contributed by atoms with Gasteiger partial charge in [0, 0.05) is 43.2 Å². The first-order valence-electron chi connectivity index (χ1n) is 9.26. The summed E-state index contributed by atoms with van der Waals surface area (Å²) in [6, 6.07) is 12.9. The third kappa shape index (κ3) is 2.78. The second-order valence-electron chi connectivity index (χ2n) is 7.31. The third-order valence-electron chi connectivity index (χ3n) is 5.59. The fraction of sp³-hybridized carbons (Fsp3) is 0.333. The molecule has 3 heterocycles. The molecule has 5 rings (SSSR count). The van der Waals surface area contributed by atoms with E-state index in [-0.39, 0.29) is 5.60 Å². The van der Waals surface area contributed by atoms with E-state index in [1.165, 1.54) is 30.4 Å². The highest BCUT2D eigenvalue weighted by Crippen LogP contribution is 2.48. The fourth-order valence-electron chi connectivity index (χ4n) is 4.03. The minimum Gasteiger partial charge on any atom is -0.487 e. The Morgan fingerprint density at radius 3 is 2.92 bits per heavy atom. The molecule has 1 saturated carbocycles. The van der Waals surface area contributed by atoms with E-state index in [2.05, 4.69) is 51.7 Å². The van der Waals surface area contributed by atoms with Gasteiger partial charge in [0.1, 0.15) is 23.5 Å². The van der Waals surface area contributed by atoms with Crippen molar-refractivity contribution in [3.05, 3.63) is 72.4 Å². The van der Waals surface area contributed by atoms with Crippen LogP contribution in [0.5, 0.6) is 5.75 Å². The number of nitrogens with zero attached hydrogens (tertiary/aromatic N) is 3. The first-order chi connectivity index (χ1) is 12.8. The van der Waals surface area contributed by atoms with Crippen LogP contribution in [0.1, 0.15) is 42.9 Å². The molecule has 0 radical (unpaired) electrons. The standard InChI is InChI=1S/C21H22N4O/c1-2-5-19-17(4-1)18(13-21(26-19)7-3-8-21)24-14-16-6-9-23-20(12-16)25-11-10-22-15-25/h1-2,4-6,9-12,15,18,24H,3,7-8,13-14H2. The summed E-state index contributed by atoms with van der Waals surface area (Å²) in [5.41, 5.74) is 2.54. The van der Waals surface area contributed by atoms with E-state index < -0.39 is 0 Å². The van der Waals surface area contributed by atoms with E-state index in [0.717, 1.165) is 24.5 Å². The number of hydrogen-bond acceptors (Lipinski definition) is 4. The molecule has 132 valence electrons. The Balaban J connectivity index is 1.36. The molecule has 1 fully saturated rings. The van der Waals surface area contributed by atoms with Crippen LogP contribution >= 0.6 is 0 Å². The lowest BCUT2D eigenvalue weighted by Crippen LogP contribution is -2.49. The Labute approximate surface area is 153 Å². The summed E-state index contributed by atoms with van der Waals surface area (Å²) in [6.07, 6.45) is 12.0. The zero-order valence-electron chi connectivity index (χ0n) is 14.6. The Hall–Kier alpha value is -2.66. The first-order valence-corrected chi connectivity index (χ1v) is 9.26. The Morgan fingerprint density at radius 2 is 2.12 bits per heavy atom. The predicted molar refractivity (Wildman–Crippen MR) is 99.2 cm³/mol. The number of benzene rings is 1. The molecule has 0 amide bonds. The number of imidazole rings is 1. The molecule has 1 spiro atoms. The first kappa shape index (κ1) is 15.6.